The smallest absolute Gasteiger partial charge is 0.242 e. The second-order valence-electron chi connectivity index (χ2n) is 3.72. The zero-order chi connectivity index (χ0) is 13.8. The average molecular weight is 357 g/mol. The van der Waals surface area contributed by atoms with E-state index >= 15 is 0 Å². The summed E-state index contributed by atoms with van der Waals surface area (Å²) in [5.74, 6) is -0.0494. The first-order valence-electron chi connectivity index (χ1n) is 4.99. The first-order valence-corrected chi connectivity index (χ1v) is 9.32. The molecule has 0 aromatic carbocycles. The summed E-state index contributed by atoms with van der Waals surface area (Å²) >= 11 is 3.13. The van der Waals surface area contributed by atoms with Gasteiger partial charge in [0.2, 0.25) is 10.0 Å². The molecule has 0 bridgehead atoms. The summed E-state index contributed by atoms with van der Waals surface area (Å²) < 4.78 is 48.2. The van der Waals surface area contributed by atoms with Gasteiger partial charge < -0.3 is 0 Å². The van der Waals surface area contributed by atoms with Crippen LogP contribution in [0.4, 0.5) is 0 Å². The zero-order valence-corrected chi connectivity index (χ0v) is 12.8. The van der Waals surface area contributed by atoms with Crippen LogP contribution in [0.2, 0.25) is 0 Å². The SMILES string of the molecule is CS(=O)(=O)CCCNS(=O)(=O)c1cncc(Br)c1. The molecule has 0 aliphatic rings. The normalized spacial score (nSPS) is 12.6. The summed E-state index contributed by atoms with van der Waals surface area (Å²) in [6.07, 6.45) is 4.05. The number of nitrogens with zero attached hydrogens (tertiary/aromatic N) is 1. The Morgan fingerprint density at radius 2 is 1.94 bits per heavy atom. The highest BCUT2D eigenvalue weighted by Gasteiger charge is 2.14. The standard InChI is InChI=1S/C9H13BrN2O4S2/c1-17(13,14)4-2-3-12-18(15,16)9-5-8(10)6-11-7-9/h5-7,12H,2-4H2,1H3. The van der Waals surface area contributed by atoms with E-state index in [0.717, 1.165) is 6.26 Å². The van der Waals surface area contributed by atoms with Crippen LogP contribution in [0.5, 0.6) is 0 Å². The molecule has 0 spiro atoms. The van der Waals surface area contributed by atoms with Gasteiger partial charge in [0.1, 0.15) is 14.7 Å². The van der Waals surface area contributed by atoms with Gasteiger partial charge in [-0.3, -0.25) is 4.98 Å². The highest BCUT2D eigenvalue weighted by molar-refractivity contribution is 9.10. The molecule has 1 heterocycles. The van der Waals surface area contributed by atoms with Gasteiger partial charge in [0.05, 0.1) is 5.75 Å². The van der Waals surface area contributed by atoms with Crippen molar-refractivity contribution in [3.63, 3.8) is 0 Å². The fraction of sp³-hybridized carbons (Fsp3) is 0.444. The Labute approximate surface area is 115 Å². The highest BCUT2D eigenvalue weighted by Crippen LogP contribution is 2.13. The largest absolute Gasteiger partial charge is 0.262 e. The van der Waals surface area contributed by atoms with E-state index in [1.54, 1.807) is 0 Å². The predicted octanol–water partition coefficient (Wildman–Crippen LogP) is 0.557. The van der Waals surface area contributed by atoms with E-state index in [-0.39, 0.29) is 23.6 Å². The van der Waals surface area contributed by atoms with Gasteiger partial charge in [0, 0.05) is 29.7 Å². The third kappa shape index (κ3) is 5.42. The molecule has 1 aromatic heterocycles. The Morgan fingerprint density at radius 3 is 2.50 bits per heavy atom. The summed E-state index contributed by atoms with van der Waals surface area (Å²) in [6, 6.07) is 1.42. The summed E-state index contributed by atoms with van der Waals surface area (Å²) in [6.45, 7) is 0.0713. The molecule has 6 nitrogen and oxygen atoms in total. The number of aromatic nitrogens is 1. The molecule has 1 N–H and O–H groups in total. The summed E-state index contributed by atoms with van der Waals surface area (Å²) in [5.41, 5.74) is 0. The second-order valence-corrected chi connectivity index (χ2v) is 8.66. The van der Waals surface area contributed by atoms with Crippen LogP contribution in [-0.4, -0.2) is 40.4 Å². The first kappa shape index (κ1) is 15.5. The number of halogens is 1. The van der Waals surface area contributed by atoms with Gasteiger partial charge in [0.15, 0.2) is 0 Å². The number of pyridine rings is 1. The molecule has 0 aliphatic carbocycles. The van der Waals surface area contributed by atoms with E-state index in [4.69, 9.17) is 0 Å². The van der Waals surface area contributed by atoms with Crippen molar-refractivity contribution in [1.82, 2.24) is 9.71 Å². The van der Waals surface area contributed by atoms with Crippen molar-refractivity contribution in [1.29, 1.82) is 0 Å². The van der Waals surface area contributed by atoms with E-state index in [1.807, 2.05) is 0 Å². The molecule has 0 saturated heterocycles. The quantitative estimate of drug-likeness (QED) is 0.751. The van der Waals surface area contributed by atoms with Crippen LogP contribution < -0.4 is 4.72 Å². The Kier molecular flexibility index (Phi) is 5.26. The average Bonchev–Trinajstić information content (AvgIpc) is 2.23. The Morgan fingerprint density at radius 1 is 1.28 bits per heavy atom. The Balaban J connectivity index is 2.61. The van der Waals surface area contributed by atoms with Crippen molar-refractivity contribution in [2.75, 3.05) is 18.6 Å². The van der Waals surface area contributed by atoms with Gasteiger partial charge in [-0.1, -0.05) is 0 Å². The second kappa shape index (κ2) is 6.09. The minimum Gasteiger partial charge on any atom is -0.262 e. The summed E-state index contributed by atoms with van der Waals surface area (Å²) in [4.78, 5) is 3.79. The monoisotopic (exact) mass is 356 g/mol. The lowest BCUT2D eigenvalue weighted by molar-refractivity contribution is 0.577. The first-order chi connectivity index (χ1) is 8.21. The van der Waals surface area contributed by atoms with E-state index in [1.165, 1.54) is 18.5 Å². The Hall–Kier alpha value is -0.510. The molecule has 0 saturated carbocycles. The van der Waals surface area contributed by atoms with Crippen molar-refractivity contribution in [3.05, 3.63) is 22.9 Å². The molecule has 0 atom stereocenters. The van der Waals surface area contributed by atoms with Crippen LogP contribution in [0.3, 0.4) is 0 Å². The van der Waals surface area contributed by atoms with E-state index < -0.39 is 19.9 Å². The van der Waals surface area contributed by atoms with Gasteiger partial charge >= 0.3 is 0 Å². The number of nitrogens with one attached hydrogen (secondary N) is 1. The predicted molar refractivity (Wildman–Crippen MR) is 71.5 cm³/mol. The fourth-order valence-electron chi connectivity index (χ4n) is 1.16. The lowest BCUT2D eigenvalue weighted by Crippen LogP contribution is -2.26. The summed E-state index contributed by atoms with van der Waals surface area (Å²) in [5, 5.41) is 0. The van der Waals surface area contributed by atoms with E-state index in [9.17, 15) is 16.8 Å². The van der Waals surface area contributed by atoms with Gasteiger partial charge in [-0.15, -0.1) is 0 Å². The number of sulfone groups is 1. The highest BCUT2D eigenvalue weighted by atomic mass is 79.9. The van der Waals surface area contributed by atoms with Crippen molar-refractivity contribution in [3.8, 4) is 0 Å². The van der Waals surface area contributed by atoms with Gasteiger partial charge in [0.25, 0.3) is 0 Å². The molecule has 0 fully saturated rings. The number of hydrogen-bond acceptors (Lipinski definition) is 5. The summed E-state index contributed by atoms with van der Waals surface area (Å²) in [7, 11) is -6.71. The molecule has 1 aromatic rings. The maximum atomic E-state index is 11.8. The lowest BCUT2D eigenvalue weighted by Gasteiger charge is -2.06. The molecular weight excluding hydrogens is 344 g/mol. The van der Waals surface area contributed by atoms with Gasteiger partial charge in [-0.2, -0.15) is 0 Å². The van der Waals surface area contributed by atoms with Crippen LogP contribution >= 0.6 is 15.9 Å². The minimum atomic E-state index is -3.64. The fourth-order valence-corrected chi connectivity index (χ4v) is 3.41. The van der Waals surface area contributed by atoms with E-state index in [0.29, 0.717) is 4.47 Å². The third-order valence-electron chi connectivity index (χ3n) is 1.97. The lowest BCUT2D eigenvalue weighted by atomic mass is 10.5. The zero-order valence-electron chi connectivity index (χ0n) is 9.63. The topological polar surface area (TPSA) is 93.2 Å². The van der Waals surface area contributed by atoms with Crippen molar-refractivity contribution >= 4 is 35.8 Å². The minimum absolute atomic E-state index is 0.0382. The maximum Gasteiger partial charge on any atom is 0.242 e. The number of rotatable bonds is 6. The molecular formula is C9H13BrN2O4S2. The van der Waals surface area contributed by atoms with Crippen LogP contribution in [-0.2, 0) is 19.9 Å². The molecule has 0 unspecified atom stereocenters. The van der Waals surface area contributed by atoms with Crippen LogP contribution in [0.15, 0.2) is 27.8 Å². The van der Waals surface area contributed by atoms with Gasteiger partial charge in [-0.05, 0) is 28.4 Å². The molecule has 9 heteroatoms. The van der Waals surface area contributed by atoms with Crippen molar-refractivity contribution in [2.45, 2.75) is 11.3 Å². The van der Waals surface area contributed by atoms with Crippen LogP contribution in [0.25, 0.3) is 0 Å². The molecule has 0 aliphatic heterocycles. The van der Waals surface area contributed by atoms with Crippen molar-refractivity contribution < 1.29 is 16.8 Å². The molecule has 0 amide bonds. The van der Waals surface area contributed by atoms with Gasteiger partial charge in [-0.25, -0.2) is 21.6 Å². The van der Waals surface area contributed by atoms with E-state index in [2.05, 4.69) is 25.6 Å². The maximum absolute atomic E-state index is 11.8. The molecule has 1 rings (SSSR count). The van der Waals surface area contributed by atoms with Crippen molar-refractivity contribution in [2.24, 2.45) is 0 Å². The number of sulfonamides is 1. The number of hydrogen-bond donors (Lipinski definition) is 1. The van der Waals surface area contributed by atoms with Crippen LogP contribution in [0.1, 0.15) is 6.42 Å². The Bertz CT molecular complexity index is 613. The molecule has 102 valence electrons. The molecule has 18 heavy (non-hydrogen) atoms. The molecule has 0 radical (unpaired) electrons. The third-order valence-corrected chi connectivity index (χ3v) is 4.87. The van der Waals surface area contributed by atoms with Crippen LogP contribution in [0, 0.1) is 0 Å².